The molecule has 0 saturated heterocycles. The highest BCUT2D eigenvalue weighted by molar-refractivity contribution is 5.53. The van der Waals surface area contributed by atoms with E-state index in [0.29, 0.717) is 12.6 Å². The van der Waals surface area contributed by atoms with E-state index in [9.17, 15) is 5.11 Å². The standard InChI is InChI=1S/C15H24N2O2/c1-12(2)19-14-8-5-9-16-15(14)17(10-11-18)13-6-3-4-7-13/h5,8-9,12-13,18H,3-4,6-7,10-11H2,1-2H3. The first kappa shape index (κ1) is 14.1. The van der Waals surface area contributed by atoms with Crippen molar-refractivity contribution in [3.63, 3.8) is 0 Å². The molecule has 0 unspecified atom stereocenters. The van der Waals surface area contributed by atoms with E-state index in [-0.39, 0.29) is 12.7 Å². The Bertz CT molecular complexity index is 389. The van der Waals surface area contributed by atoms with E-state index < -0.39 is 0 Å². The molecular weight excluding hydrogens is 240 g/mol. The summed E-state index contributed by atoms with van der Waals surface area (Å²) in [6.07, 6.45) is 6.80. The molecule has 1 saturated carbocycles. The first-order valence-electron chi connectivity index (χ1n) is 7.21. The van der Waals surface area contributed by atoms with Gasteiger partial charge in [-0.15, -0.1) is 0 Å². The molecule has 0 atom stereocenters. The molecule has 1 aromatic rings. The molecular formula is C15H24N2O2. The van der Waals surface area contributed by atoms with Gasteiger partial charge in [0.2, 0.25) is 0 Å². The summed E-state index contributed by atoms with van der Waals surface area (Å²) in [5.74, 6) is 1.69. The maximum Gasteiger partial charge on any atom is 0.171 e. The Morgan fingerprint density at radius 2 is 2.16 bits per heavy atom. The third-order valence-electron chi connectivity index (χ3n) is 3.49. The summed E-state index contributed by atoms with van der Waals surface area (Å²) in [6.45, 7) is 4.80. The van der Waals surface area contributed by atoms with E-state index in [1.54, 1.807) is 6.20 Å². The van der Waals surface area contributed by atoms with Crippen LogP contribution in [0, 0.1) is 0 Å². The smallest absolute Gasteiger partial charge is 0.171 e. The molecule has 4 nitrogen and oxygen atoms in total. The van der Waals surface area contributed by atoms with Gasteiger partial charge in [-0.3, -0.25) is 0 Å². The summed E-state index contributed by atoms with van der Waals surface area (Å²) in [5, 5.41) is 9.32. The van der Waals surface area contributed by atoms with Crippen molar-refractivity contribution in [2.24, 2.45) is 0 Å². The second-order valence-electron chi connectivity index (χ2n) is 5.35. The predicted molar refractivity (Wildman–Crippen MR) is 76.7 cm³/mol. The van der Waals surface area contributed by atoms with Gasteiger partial charge in [0.05, 0.1) is 12.7 Å². The SMILES string of the molecule is CC(C)Oc1cccnc1N(CCO)C1CCCC1. The Balaban J connectivity index is 2.24. The van der Waals surface area contributed by atoms with Gasteiger partial charge in [-0.2, -0.15) is 0 Å². The largest absolute Gasteiger partial charge is 0.487 e. The maximum atomic E-state index is 9.32. The van der Waals surface area contributed by atoms with E-state index in [1.165, 1.54) is 25.7 Å². The lowest BCUT2D eigenvalue weighted by Gasteiger charge is -2.31. The van der Waals surface area contributed by atoms with Crippen LogP contribution >= 0.6 is 0 Å². The van der Waals surface area contributed by atoms with Gasteiger partial charge in [-0.05, 0) is 38.8 Å². The van der Waals surface area contributed by atoms with Crippen LogP contribution in [-0.4, -0.2) is 35.4 Å². The molecule has 1 N–H and O–H groups in total. The van der Waals surface area contributed by atoms with E-state index in [0.717, 1.165) is 11.6 Å². The van der Waals surface area contributed by atoms with Crippen LogP contribution < -0.4 is 9.64 Å². The van der Waals surface area contributed by atoms with Gasteiger partial charge in [0.1, 0.15) is 0 Å². The molecule has 1 fully saturated rings. The minimum Gasteiger partial charge on any atom is -0.487 e. The van der Waals surface area contributed by atoms with Crippen LogP contribution in [0.25, 0.3) is 0 Å². The number of hydrogen-bond donors (Lipinski definition) is 1. The number of anilines is 1. The number of nitrogens with zero attached hydrogens (tertiary/aromatic N) is 2. The van der Waals surface area contributed by atoms with E-state index >= 15 is 0 Å². The lowest BCUT2D eigenvalue weighted by atomic mass is 10.2. The molecule has 19 heavy (non-hydrogen) atoms. The number of ether oxygens (including phenoxy) is 1. The van der Waals surface area contributed by atoms with Crippen molar-refractivity contribution in [3.8, 4) is 5.75 Å². The van der Waals surface area contributed by atoms with Crippen LogP contribution in [0.3, 0.4) is 0 Å². The molecule has 1 heterocycles. The minimum absolute atomic E-state index is 0.127. The number of aliphatic hydroxyl groups excluding tert-OH is 1. The highest BCUT2D eigenvalue weighted by atomic mass is 16.5. The fraction of sp³-hybridized carbons (Fsp3) is 0.667. The average molecular weight is 264 g/mol. The van der Waals surface area contributed by atoms with Crippen LogP contribution in [0.15, 0.2) is 18.3 Å². The predicted octanol–water partition coefficient (Wildman–Crippen LogP) is 2.61. The number of pyridine rings is 1. The second kappa shape index (κ2) is 6.75. The summed E-state index contributed by atoms with van der Waals surface area (Å²) in [6, 6.07) is 4.34. The molecule has 0 radical (unpaired) electrons. The molecule has 4 heteroatoms. The normalized spacial score (nSPS) is 16.0. The topological polar surface area (TPSA) is 45.6 Å². The van der Waals surface area contributed by atoms with Gasteiger partial charge in [0, 0.05) is 18.8 Å². The van der Waals surface area contributed by atoms with Gasteiger partial charge in [0.25, 0.3) is 0 Å². The minimum atomic E-state index is 0.127. The highest BCUT2D eigenvalue weighted by Gasteiger charge is 2.25. The van der Waals surface area contributed by atoms with Crippen molar-refractivity contribution in [1.29, 1.82) is 0 Å². The molecule has 0 spiro atoms. The fourth-order valence-corrected chi connectivity index (χ4v) is 2.73. The third kappa shape index (κ3) is 3.60. The number of hydrogen-bond acceptors (Lipinski definition) is 4. The van der Waals surface area contributed by atoms with Crippen LogP contribution in [0.2, 0.25) is 0 Å². The van der Waals surface area contributed by atoms with Gasteiger partial charge in [-0.1, -0.05) is 12.8 Å². The molecule has 0 aromatic carbocycles. The van der Waals surface area contributed by atoms with Crippen LogP contribution in [0.4, 0.5) is 5.82 Å². The van der Waals surface area contributed by atoms with Crippen molar-refractivity contribution in [2.45, 2.75) is 51.7 Å². The molecule has 106 valence electrons. The van der Waals surface area contributed by atoms with Crippen molar-refractivity contribution >= 4 is 5.82 Å². The Morgan fingerprint density at radius 3 is 2.79 bits per heavy atom. The van der Waals surface area contributed by atoms with Crippen molar-refractivity contribution in [3.05, 3.63) is 18.3 Å². The Kier molecular flexibility index (Phi) is 5.02. The van der Waals surface area contributed by atoms with Gasteiger partial charge in [-0.25, -0.2) is 4.98 Å². The van der Waals surface area contributed by atoms with Gasteiger partial charge < -0.3 is 14.7 Å². The third-order valence-corrected chi connectivity index (χ3v) is 3.49. The first-order chi connectivity index (χ1) is 9.22. The van der Waals surface area contributed by atoms with Gasteiger partial charge >= 0.3 is 0 Å². The molecule has 1 aromatic heterocycles. The number of aromatic nitrogens is 1. The lowest BCUT2D eigenvalue weighted by Crippen LogP contribution is -2.36. The van der Waals surface area contributed by atoms with Crippen LogP contribution in [-0.2, 0) is 0 Å². The van der Waals surface area contributed by atoms with Crippen LogP contribution in [0.5, 0.6) is 5.75 Å². The fourth-order valence-electron chi connectivity index (χ4n) is 2.73. The summed E-state index contributed by atoms with van der Waals surface area (Å²) < 4.78 is 5.85. The zero-order valence-electron chi connectivity index (χ0n) is 11.9. The Hall–Kier alpha value is -1.29. The summed E-state index contributed by atoms with van der Waals surface area (Å²) in [7, 11) is 0. The van der Waals surface area contributed by atoms with Crippen molar-refractivity contribution in [1.82, 2.24) is 4.98 Å². The molecule has 0 amide bonds. The summed E-state index contributed by atoms with van der Waals surface area (Å²) in [4.78, 5) is 6.70. The Morgan fingerprint density at radius 1 is 1.42 bits per heavy atom. The molecule has 0 bridgehead atoms. The van der Waals surface area contributed by atoms with E-state index in [2.05, 4.69) is 9.88 Å². The van der Waals surface area contributed by atoms with Gasteiger partial charge in [0.15, 0.2) is 11.6 Å². The van der Waals surface area contributed by atoms with E-state index in [1.807, 2.05) is 26.0 Å². The molecule has 1 aliphatic rings. The quantitative estimate of drug-likeness (QED) is 0.858. The maximum absolute atomic E-state index is 9.32. The molecule has 2 rings (SSSR count). The summed E-state index contributed by atoms with van der Waals surface area (Å²) >= 11 is 0. The number of rotatable bonds is 6. The molecule has 1 aliphatic carbocycles. The zero-order chi connectivity index (χ0) is 13.7. The monoisotopic (exact) mass is 264 g/mol. The lowest BCUT2D eigenvalue weighted by molar-refractivity contribution is 0.240. The Labute approximate surface area is 115 Å². The second-order valence-corrected chi connectivity index (χ2v) is 5.35. The average Bonchev–Trinajstić information content (AvgIpc) is 2.90. The van der Waals surface area contributed by atoms with Crippen molar-refractivity contribution < 1.29 is 9.84 Å². The first-order valence-corrected chi connectivity index (χ1v) is 7.21. The summed E-state index contributed by atoms with van der Waals surface area (Å²) in [5.41, 5.74) is 0. The zero-order valence-corrected chi connectivity index (χ0v) is 11.9. The van der Waals surface area contributed by atoms with Crippen molar-refractivity contribution in [2.75, 3.05) is 18.1 Å². The van der Waals surface area contributed by atoms with Crippen LogP contribution in [0.1, 0.15) is 39.5 Å². The number of aliphatic hydroxyl groups is 1. The van der Waals surface area contributed by atoms with E-state index in [4.69, 9.17) is 4.74 Å². The molecule has 0 aliphatic heterocycles. The highest BCUT2D eigenvalue weighted by Crippen LogP contribution is 2.32.